The number of amides is 1. The van der Waals surface area contributed by atoms with Crippen LogP contribution in [0.1, 0.15) is 16.2 Å². The highest BCUT2D eigenvalue weighted by molar-refractivity contribution is 5.95. The van der Waals surface area contributed by atoms with Gasteiger partial charge in [0.25, 0.3) is 11.6 Å². The molecular formula is C18H15N7O3. The van der Waals surface area contributed by atoms with Gasteiger partial charge >= 0.3 is 0 Å². The van der Waals surface area contributed by atoms with E-state index in [2.05, 4.69) is 20.1 Å². The van der Waals surface area contributed by atoms with Crippen molar-refractivity contribution in [1.29, 1.82) is 0 Å². The summed E-state index contributed by atoms with van der Waals surface area (Å²) in [5.41, 5.74) is 1.90. The molecule has 0 fully saturated rings. The summed E-state index contributed by atoms with van der Waals surface area (Å²) in [6.45, 7) is 0.242. The van der Waals surface area contributed by atoms with Crippen LogP contribution in [-0.2, 0) is 6.54 Å². The number of nitrogens with zero attached hydrogens (tertiary/aromatic N) is 6. The molecule has 4 aromatic rings. The van der Waals surface area contributed by atoms with Crippen LogP contribution in [-0.4, -0.2) is 47.5 Å². The lowest BCUT2D eigenvalue weighted by atomic mass is 10.1. The van der Waals surface area contributed by atoms with Crippen molar-refractivity contribution in [2.75, 3.05) is 7.05 Å². The van der Waals surface area contributed by atoms with Crippen LogP contribution in [0.5, 0.6) is 0 Å². The van der Waals surface area contributed by atoms with Gasteiger partial charge in [0.15, 0.2) is 0 Å². The van der Waals surface area contributed by atoms with Gasteiger partial charge in [-0.2, -0.15) is 5.10 Å². The molecule has 1 amide bonds. The Kier molecular flexibility index (Phi) is 4.28. The summed E-state index contributed by atoms with van der Waals surface area (Å²) in [4.78, 5) is 36.5. The van der Waals surface area contributed by atoms with Crippen LogP contribution in [0.2, 0.25) is 0 Å². The van der Waals surface area contributed by atoms with Gasteiger partial charge in [0.05, 0.1) is 22.5 Å². The number of rotatable bonds is 5. The second kappa shape index (κ2) is 6.91. The third kappa shape index (κ3) is 3.18. The number of carbonyl (C=O) groups excluding carboxylic acids is 1. The van der Waals surface area contributed by atoms with E-state index < -0.39 is 4.92 Å². The minimum Gasteiger partial charge on any atom is -0.340 e. The Morgan fingerprint density at radius 1 is 1.29 bits per heavy atom. The zero-order valence-electron chi connectivity index (χ0n) is 14.8. The van der Waals surface area contributed by atoms with Gasteiger partial charge in [0, 0.05) is 18.7 Å². The molecule has 0 aliphatic rings. The number of imidazole rings is 1. The molecule has 0 radical (unpaired) electrons. The number of nitrogens with one attached hydrogen (secondary N) is 1. The third-order valence-corrected chi connectivity index (χ3v) is 4.26. The lowest BCUT2D eigenvalue weighted by Crippen LogP contribution is -2.26. The van der Waals surface area contributed by atoms with Crippen LogP contribution in [0.4, 0.5) is 5.69 Å². The molecular weight excluding hydrogens is 362 g/mol. The van der Waals surface area contributed by atoms with Gasteiger partial charge in [-0.1, -0.05) is 12.1 Å². The molecule has 0 spiro atoms. The van der Waals surface area contributed by atoms with Crippen LogP contribution in [0.3, 0.4) is 0 Å². The van der Waals surface area contributed by atoms with Gasteiger partial charge in [-0.15, -0.1) is 0 Å². The largest absolute Gasteiger partial charge is 0.340 e. The molecule has 0 aliphatic heterocycles. The highest BCUT2D eigenvalue weighted by Gasteiger charge is 2.21. The Morgan fingerprint density at radius 3 is 2.82 bits per heavy atom. The summed E-state index contributed by atoms with van der Waals surface area (Å²) >= 11 is 0. The first-order valence-corrected chi connectivity index (χ1v) is 8.35. The number of nitro benzene ring substituents is 1. The highest BCUT2D eigenvalue weighted by Crippen LogP contribution is 2.24. The molecule has 0 saturated carbocycles. The Balaban J connectivity index is 1.60. The van der Waals surface area contributed by atoms with E-state index in [-0.39, 0.29) is 29.4 Å². The predicted octanol–water partition coefficient (Wildman–Crippen LogP) is 2.32. The van der Waals surface area contributed by atoms with Gasteiger partial charge in [-0.3, -0.25) is 14.9 Å². The molecule has 0 aliphatic carbocycles. The van der Waals surface area contributed by atoms with E-state index in [9.17, 15) is 14.9 Å². The number of hydrogen-bond donors (Lipinski definition) is 1. The molecule has 10 nitrogen and oxygen atoms in total. The maximum atomic E-state index is 12.8. The molecule has 2 heterocycles. The summed E-state index contributed by atoms with van der Waals surface area (Å²) < 4.78 is 1.28. The zero-order valence-corrected chi connectivity index (χ0v) is 14.8. The minimum atomic E-state index is -0.549. The minimum absolute atomic E-state index is 0.203. The standard InChI is InChI=1S/C18H15N7O3/c1-23(9-17-21-13-4-2-3-5-14(13)22-17)18(26)12-6-7-15(16(8-12)25(27)28)24-11-19-10-20-24/h2-8,10-11H,9H2,1H3,(H,21,22). The van der Waals surface area contributed by atoms with Crippen LogP contribution in [0, 0.1) is 10.1 Å². The van der Waals surface area contributed by atoms with E-state index in [0.717, 1.165) is 11.0 Å². The normalized spacial score (nSPS) is 10.9. The van der Waals surface area contributed by atoms with Crippen molar-refractivity contribution in [2.45, 2.75) is 6.54 Å². The maximum Gasteiger partial charge on any atom is 0.295 e. The summed E-state index contributed by atoms with van der Waals surface area (Å²) in [6, 6.07) is 11.8. The Bertz CT molecular complexity index is 1130. The van der Waals surface area contributed by atoms with E-state index in [0.29, 0.717) is 5.82 Å². The number of aromatic amines is 1. The summed E-state index contributed by atoms with van der Waals surface area (Å²) in [7, 11) is 1.62. The number of fused-ring (bicyclic) bond motifs is 1. The van der Waals surface area contributed by atoms with Crippen molar-refractivity contribution in [3.63, 3.8) is 0 Å². The SMILES string of the molecule is CN(Cc1nc2ccccc2[nH]1)C(=O)c1ccc(-n2cncn2)c([N+](=O)[O-])c1. The Morgan fingerprint density at radius 2 is 2.11 bits per heavy atom. The lowest BCUT2D eigenvalue weighted by Gasteiger charge is -2.16. The van der Waals surface area contributed by atoms with Crippen molar-refractivity contribution in [3.8, 4) is 5.69 Å². The Labute approximate surface area is 158 Å². The third-order valence-electron chi connectivity index (χ3n) is 4.26. The number of H-pyrrole nitrogens is 1. The molecule has 2 aromatic carbocycles. The van der Waals surface area contributed by atoms with E-state index in [4.69, 9.17) is 0 Å². The number of nitro groups is 1. The van der Waals surface area contributed by atoms with Crippen LogP contribution >= 0.6 is 0 Å². The second-order valence-corrected chi connectivity index (χ2v) is 6.16. The van der Waals surface area contributed by atoms with Gasteiger partial charge in [-0.05, 0) is 24.3 Å². The van der Waals surface area contributed by atoms with Gasteiger partial charge in [0.1, 0.15) is 24.2 Å². The highest BCUT2D eigenvalue weighted by atomic mass is 16.6. The number of hydrogen-bond acceptors (Lipinski definition) is 6. The average Bonchev–Trinajstić information content (AvgIpc) is 3.36. The fraction of sp³-hybridized carbons (Fsp3) is 0.111. The molecule has 4 rings (SSSR count). The molecule has 10 heteroatoms. The molecule has 2 aromatic heterocycles. The number of aromatic nitrogens is 5. The first-order chi connectivity index (χ1) is 13.5. The topological polar surface area (TPSA) is 123 Å². The van der Waals surface area contributed by atoms with E-state index in [1.807, 2.05) is 24.3 Å². The molecule has 0 atom stereocenters. The molecule has 1 N–H and O–H groups in total. The van der Waals surface area contributed by atoms with Gasteiger partial charge < -0.3 is 9.88 Å². The van der Waals surface area contributed by atoms with E-state index in [1.165, 1.54) is 40.4 Å². The first kappa shape index (κ1) is 17.3. The molecule has 0 bridgehead atoms. The molecule has 140 valence electrons. The number of carbonyl (C=O) groups is 1. The van der Waals surface area contributed by atoms with Crippen LogP contribution < -0.4 is 0 Å². The van der Waals surface area contributed by atoms with Gasteiger partial charge in [0.2, 0.25) is 0 Å². The second-order valence-electron chi connectivity index (χ2n) is 6.16. The van der Waals surface area contributed by atoms with Crippen molar-refractivity contribution in [1.82, 2.24) is 29.6 Å². The quantitative estimate of drug-likeness (QED) is 0.421. The van der Waals surface area contributed by atoms with Crippen molar-refractivity contribution in [2.24, 2.45) is 0 Å². The van der Waals surface area contributed by atoms with Crippen LogP contribution in [0.15, 0.2) is 55.1 Å². The van der Waals surface area contributed by atoms with Crippen molar-refractivity contribution < 1.29 is 9.72 Å². The van der Waals surface area contributed by atoms with E-state index >= 15 is 0 Å². The lowest BCUT2D eigenvalue weighted by molar-refractivity contribution is -0.384. The molecule has 0 unspecified atom stereocenters. The summed E-state index contributed by atoms with van der Waals surface area (Å²) in [6.07, 6.45) is 2.64. The first-order valence-electron chi connectivity index (χ1n) is 8.35. The summed E-state index contributed by atoms with van der Waals surface area (Å²) in [5, 5.41) is 15.4. The van der Waals surface area contributed by atoms with Crippen molar-refractivity contribution >= 4 is 22.6 Å². The molecule has 0 saturated heterocycles. The maximum absolute atomic E-state index is 12.8. The Hall–Kier alpha value is -4.08. The number of para-hydroxylation sites is 2. The fourth-order valence-corrected chi connectivity index (χ4v) is 2.93. The zero-order chi connectivity index (χ0) is 19.7. The predicted molar refractivity (Wildman–Crippen MR) is 99.9 cm³/mol. The summed E-state index contributed by atoms with van der Waals surface area (Å²) in [5.74, 6) is 0.277. The van der Waals surface area contributed by atoms with Crippen molar-refractivity contribution in [3.05, 3.63) is 76.6 Å². The number of benzene rings is 2. The molecule has 28 heavy (non-hydrogen) atoms. The smallest absolute Gasteiger partial charge is 0.295 e. The van der Waals surface area contributed by atoms with Gasteiger partial charge in [-0.25, -0.2) is 14.6 Å². The average molecular weight is 377 g/mol. The van der Waals surface area contributed by atoms with E-state index in [1.54, 1.807) is 7.05 Å². The fourth-order valence-electron chi connectivity index (χ4n) is 2.93. The van der Waals surface area contributed by atoms with Crippen LogP contribution in [0.25, 0.3) is 16.7 Å². The monoisotopic (exact) mass is 377 g/mol.